The Bertz CT molecular complexity index is 873. The number of halogens is 1. The van der Waals surface area contributed by atoms with Gasteiger partial charge in [-0.25, -0.2) is 4.99 Å². The van der Waals surface area contributed by atoms with Crippen LogP contribution in [0.3, 0.4) is 0 Å². The van der Waals surface area contributed by atoms with E-state index in [1.807, 2.05) is 6.20 Å². The molecule has 1 aliphatic carbocycles. The van der Waals surface area contributed by atoms with E-state index < -0.39 is 0 Å². The van der Waals surface area contributed by atoms with E-state index in [4.69, 9.17) is 4.99 Å². The average molecular weight is 524 g/mol. The Labute approximate surface area is 195 Å². The zero-order valence-electron chi connectivity index (χ0n) is 18.0. The molecule has 0 bridgehead atoms. The highest BCUT2D eigenvalue weighted by Crippen LogP contribution is 2.26. The van der Waals surface area contributed by atoms with E-state index in [2.05, 4.69) is 44.3 Å². The fraction of sp³-hybridized carbons (Fsp3) is 0.591. The number of carbonyl (C=O) groups excluding carboxylic acids is 1. The number of nitrogens with zero attached hydrogens (tertiary/aromatic N) is 5. The zero-order chi connectivity index (χ0) is 20.2. The van der Waals surface area contributed by atoms with E-state index in [1.54, 1.807) is 19.0 Å². The molecule has 1 unspecified atom stereocenters. The maximum atomic E-state index is 12.1. The number of aromatic nitrogens is 2. The third kappa shape index (κ3) is 5.25. The highest BCUT2D eigenvalue weighted by molar-refractivity contribution is 14.0. The summed E-state index contributed by atoms with van der Waals surface area (Å²) in [5.41, 5.74) is 1.18. The lowest BCUT2D eigenvalue weighted by Crippen LogP contribution is -2.46. The van der Waals surface area contributed by atoms with Crippen LogP contribution in [-0.2, 0) is 4.79 Å². The molecule has 1 atom stereocenters. The van der Waals surface area contributed by atoms with Gasteiger partial charge in [0.05, 0.1) is 17.8 Å². The second-order valence-electron chi connectivity index (χ2n) is 8.44. The van der Waals surface area contributed by atoms with Crippen LogP contribution in [0.4, 0.5) is 0 Å². The summed E-state index contributed by atoms with van der Waals surface area (Å²) in [7, 11) is 3.56. The van der Waals surface area contributed by atoms with Crippen LogP contribution in [0.5, 0.6) is 0 Å². The summed E-state index contributed by atoms with van der Waals surface area (Å²) < 4.78 is 2.15. The van der Waals surface area contributed by atoms with Gasteiger partial charge >= 0.3 is 0 Å². The fourth-order valence-corrected chi connectivity index (χ4v) is 4.37. The molecule has 1 aliphatic heterocycles. The number of likely N-dealkylation sites (tertiary alicyclic amines) is 1. The number of amides is 1. The number of hydrogen-bond donors (Lipinski definition) is 1. The first-order valence-electron chi connectivity index (χ1n) is 10.8. The molecule has 2 fully saturated rings. The second-order valence-corrected chi connectivity index (χ2v) is 8.44. The van der Waals surface area contributed by atoms with Gasteiger partial charge in [0.1, 0.15) is 6.54 Å². The van der Waals surface area contributed by atoms with Gasteiger partial charge in [0, 0.05) is 38.6 Å². The predicted octanol–water partition coefficient (Wildman–Crippen LogP) is 3.27. The number of nitrogens with one attached hydrogen (secondary N) is 1. The van der Waals surface area contributed by atoms with Crippen LogP contribution in [0.15, 0.2) is 35.5 Å². The highest BCUT2D eigenvalue weighted by atomic mass is 127. The van der Waals surface area contributed by atoms with Gasteiger partial charge < -0.3 is 15.1 Å². The molecule has 164 valence electrons. The van der Waals surface area contributed by atoms with Gasteiger partial charge in [0.15, 0.2) is 5.96 Å². The molecule has 1 aromatic heterocycles. The van der Waals surface area contributed by atoms with Crippen LogP contribution in [0, 0.1) is 0 Å². The summed E-state index contributed by atoms with van der Waals surface area (Å²) in [6, 6.07) is 9.14. The molecule has 2 heterocycles. The van der Waals surface area contributed by atoms with Crippen LogP contribution in [0.2, 0.25) is 0 Å². The monoisotopic (exact) mass is 524 g/mol. The van der Waals surface area contributed by atoms with Gasteiger partial charge in [-0.1, -0.05) is 37.5 Å². The Morgan fingerprint density at radius 2 is 1.97 bits per heavy atom. The third-order valence-electron chi connectivity index (χ3n) is 6.11. The fourth-order valence-electron chi connectivity index (χ4n) is 4.37. The standard InChI is InChI=1S/C22H32N6O.HI/c1-26(2)21(29)15-23-22(25-18-9-4-3-5-10-18)27-13-12-19(16-27)28-20-11-7-6-8-17(20)14-24-28;/h6-8,11,14,18-19H,3-5,9-10,12-13,15-16H2,1-2H3,(H,23,25);1H. The van der Waals surface area contributed by atoms with Gasteiger partial charge in [-0.05, 0) is 25.3 Å². The Morgan fingerprint density at radius 1 is 1.20 bits per heavy atom. The predicted molar refractivity (Wildman–Crippen MR) is 131 cm³/mol. The van der Waals surface area contributed by atoms with E-state index >= 15 is 0 Å². The number of carbonyl (C=O) groups is 1. The van der Waals surface area contributed by atoms with Gasteiger partial charge in [0.25, 0.3) is 0 Å². The van der Waals surface area contributed by atoms with Crippen molar-refractivity contribution in [3.05, 3.63) is 30.5 Å². The van der Waals surface area contributed by atoms with E-state index in [0.29, 0.717) is 12.1 Å². The lowest BCUT2D eigenvalue weighted by Gasteiger charge is -2.29. The molecule has 1 aromatic carbocycles. The molecular weight excluding hydrogens is 491 g/mol. The number of likely N-dealkylation sites (N-methyl/N-ethyl adjacent to an activating group) is 1. The molecule has 1 N–H and O–H groups in total. The Kier molecular flexibility index (Phi) is 7.96. The number of benzene rings is 1. The van der Waals surface area contributed by atoms with Crippen molar-refractivity contribution < 1.29 is 4.79 Å². The van der Waals surface area contributed by atoms with Gasteiger partial charge in [-0.2, -0.15) is 5.10 Å². The highest BCUT2D eigenvalue weighted by Gasteiger charge is 2.29. The minimum atomic E-state index is 0. The first-order chi connectivity index (χ1) is 14.1. The minimum absolute atomic E-state index is 0. The van der Waals surface area contributed by atoms with Crippen molar-refractivity contribution in [2.24, 2.45) is 4.99 Å². The van der Waals surface area contributed by atoms with Crippen LogP contribution in [0.25, 0.3) is 10.9 Å². The van der Waals surface area contributed by atoms with E-state index in [-0.39, 0.29) is 36.4 Å². The zero-order valence-corrected chi connectivity index (χ0v) is 20.3. The van der Waals surface area contributed by atoms with Gasteiger partial charge in [-0.15, -0.1) is 24.0 Å². The summed E-state index contributed by atoms with van der Waals surface area (Å²) in [5, 5.41) is 9.50. The van der Waals surface area contributed by atoms with Crippen molar-refractivity contribution in [1.29, 1.82) is 0 Å². The number of fused-ring (bicyclic) bond motifs is 1. The quantitative estimate of drug-likeness (QED) is 0.379. The van der Waals surface area contributed by atoms with Gasteiger partial charge in [-0.3, -0.25) is 9.48 Å². The summed E-state index contributed by atoms with van der Waals surface area (Å²) in [6.45, 7) is 1.97. The lowest BCUT2D eigenvalue weighted by atomic mass is 9.96. The van der Waals surface area contributed by atoms with Crippen molar-refractivity contribution in [2.75, 3.05) is 33.7 Å². The second kappa shape index (κ2) is 10.5. The number of para-hydroxylation sites is 1. The smallest absolute Gasteiger partial charge is 0.243 e. The number of guanidine groups is 1. The van der Waals surface area contributed by atoms with Crippen molar-refractivity contribution in [3.63, 3.8) is 0 Å². The molecule has 30 heavy (non-hydrogen) atoms. The maximum absolute atomic E-state index is 12.1. The molecule has 1 saturated heterocycles. The summed E-state index contributed by atoms with van der Waals surface area (Å²) in [6.07, 6.45) is 9.19. The van der Waals surface area contributed by atoms with Crippen LogP contribution < -0.4 is 5.32 Å². The summed E-state index contributed by atoms with van der Waals surface area (Å²) in [5.74, 6) is 0.910. The van der Waals surface area contributed by atoms with E-state index in [0.717, 1.165) is 25.5 Å². The van der Waals surface area contributed by atoms with Crippen molar-refractivity contribution >= 4 is 46.7 Å². The molecule has 0 spiro atoms. The first kappa shape index (κ1) is 22.8. The van der Waals surface area contributed by atoms with Crippen LogP contribution in [-0.4, -0.2) is 71.2 Å². The topological polar surface area (TPSA) is 65.8 Å². The molecular formula is C22H33IN6O. The van der Waals surface area contributed by atoms with Crippen molar-refractivity contribution in [3.8, 4) is 0 Å². The largest absolute Gasteiger partial charge is 0.353 e. The molecule has 2 aliphatic rings. The average Bonchev–Trinajstić information content (AvgIpc) is 3.38. The van der Waals surface area contributed by atoms with Gasteiger partial charge in [0.2, 0.25) is 5.91 Å². The summed E-state index contributed by atoms with van der Waals surface area (Å²) in [4.78, 5) is 20.7. The molecule has 1 saturated carbocycles. The van der Waals surface area contributed by atoms with Crippen molar-refractivity contribution in [2.45, 2.75) is 50.6 Å². The molecule has 0 radical (unpaired) electrons. The maximum Gasteiger partial charge on any atom is 0.243 e. The molecule has 1 amide bonds. The molecule has 7 nitrogen and oxygen atoms in total. The van der Waals surface area contributed by atoms with Crippen LogP contribution >= 0.6 is 24.0 Å². The third-order valence-corrected chi connectivity index (χ3v) is 6.11. The SMILES string of the molecule is CN(C)C(=O)CN=C(NC1CCCCC1)N1CCC(n2ncc3ccccc32)C1.I. The van der Waals surface area contributed by atoms with Crippen LogP contribution in [0.1, 0.15) is 44.6 Å². The summed E-state index contributed by atoms with van der Waals surface area (Å²) >= 11 is 0. The molecule has 4 rings (SSSR count). The molecule has 8 heteroatoms. The Morgan fingerprint density at radius 3 is 2.73 bits per heavy atom. The minimum Gasteiger partial charge on any atom is -0.353 e. The lowest BCUT2D eigenvalue weighted by molar-refractivity contribution is -0.127. The van der Waals surface area contributed by atoms with Crippen molar-refractivity contribution in [1.82, 2.24) is 24.9 Å². The Hall–Kier alpha value is -1.84. The Balaban J connectivity index is 0.00000256. The number of hydrogen-bond acceptors (Lipinski definition) is 3. The van der Waals surface area contributed by atoms with E-state index in [9.17, 15) is 4.79 Å². The normalized spacial score (nSPS) is 20.3. The van der Waals surface area contributed by atoms with E-state index in [1.165, 1.54) is 43.0 Å². The molecule has 2 aromatic rings. The number of rotatable bonds is 4. The first-order valence-corrected chi connectivity index (χ1v) is 10.8. The number of aliphatic imine (C=N–C) groups is 1.